The molecule has 2 aliphatic rings. The number of halogens is 1. The second-order valence-electron chi connectivity index (χ2n) is 9.82. The van der Waals surface area contributed by atoms with Gasteiger partial charge in [0.05, 0.1) is 11.9 Å². The highest BCUT2D eigenvalue weighted by Gasteiger charge is 2.32. The minimum Gasteiger partial charge on any atom is -0.443 e. The zero-order chi connectivity index (χ0) is 23.5. The number of hydrogen-bond acceptors (Lipinski definition) is 5. The monoisotopic (exact) mass is 458 g/mol. The van der Waals surface area contributed by atoms with Crippen molar-refractivity contribution in [3.63, 3.8) is 0 Å². The van der Waals surface area contributed by atoms with Crippen molar-refractivity contribution >= 4 is 23.2 Å². The molecular formula is C25H35FN4O3. The van der Waals surface area contributed by atoms with Crippen LogP contribution in [0, 0.1) is 17.7 Å². The van der Waals surface area contributed by atoms with Gasteiger partial charge in [0.25, 0.3) is 0 Å². The molecule has 2 heterocycles. The van der Waals surface area contributed by atoms with Crippen LogP contribution in [0.3, 0.4) is 0 Å². The van der Waals surface area contributed by atoms with Gasteiger partial charge in [0.15, 0.2) is 0 Å². The molecule has 8 heteroatoms. The Balaban J connectivity index is 1.57. The number of piperidine rings is 1. The molecule has 1 saturated carbocycles. The van der Waals surface area contributed by atoms with E-state index in [1.807, 2.05) is 0 Å². The van der Waals surface area contributed by atoms with Crippen LogP contribution >= 0.6 is 0 Å². The quantitative estimate of drug-likeness (QED) is 0.360. The summed E-state index contributed by atoms with van der Waals surface area (Å²) in [6, 6.07) is 5.44. The molecule has 2 aromatic rings. The summed E-state index contributed by atoms with van der Waals surface area (Å²) in [6.45, 7) is 6.61. The molecule has 0 spiro atoms. The van der Waals surface area contributed by atoms with Gasteiger partial charge in [-0.15, -0.1) is 0 Å². The molecular weight excluding hydrogens is 423 g/mol. The molecule has 33 heavy (non-hydrogen) atoms. The Hall–Kier alpha value is -2.61. The summed E-state index contributed by atoms with van der Waals surface area (Å²) in [5.74, 6) is 1.24. The Labute approximate surface area is 194 Å². The molecule has 1 aromatic heterocycles. The van der Waals surface area contributed by atoms with Crippen LogP contribution in [0.5, 0.6) is 0 Å². The standard InChI is InChI=1S/C25H35FN4O3/c1-16(2)17-3-6-19(7-4-17)29-11-9-20(10-12-29)30-23-8-5-18(26)13-21(23)22(14-28-32)24(30)15-33-25(27)31/h5,8,13-14,16-17,19-20,32H,3-4,6-7,9-12,15H2,1-2H3,(H2,27,31)/b28-14-. The Morgan fingerprint density at radius 1 is 1.21 bits per heavy atom. The van der Waals surface area contributed by atoms with Crippen LogP contribution in [0.15, 0.2) is 23.4 Å². The van der Waals surface area contributed by atoms with E-state index < -0.39 is 6.09 Å². The van der Waals surface area contributed by atoms with E-state index in [1.165, 1.54) is 44.0 Å². The van der Waals surface area contributed by atoms with Crippen molar-refractivity contribution in [2.45, 2.75) is 71.1 Å². The van der Waals surface area contributed by atoms with Gasteiger partial charge in [-0.05, 0) is 68.6 Å². The summed E-state index contributed by atoms with van der Waals surface area (Å²) in [4.78, 5) is 14.0. The number of likely N-dealkylation sites (tertiary alicyclic amines) is 1. The van der Waals surface area contributed by atoms with Crippen molar-refractivity contribution in [3.05, 3.63) is 35.3 Å². The first-order valence-corrected chi connectivity index (χ1v) is 12.0. The van der Waals surface area contributed by atoms with Crippen molar-refractivity contribution in [1.82, 2.24) is 9.47 Å². The lowest BCUT2D eigenvalue weighted by atomic mass is 9.79. The van der Waals surface area contributed by atoms with Gasteiger partial charge >= 0.3 is 6.09 Å². The van der Waals surface area contributed by atoms with Gasteiger partial charge in [-0.3, -0.25) is 0 Å². The van der Waals surface area contributed by atoms with E-state index in [0.29, 0.717) is 22.7 Å². The fraction of sp³-hybridized carbons (Fsp3) is 0.600. The van der Waals surface area contributed by atoms with E-state index in [9.17, 15) is 14.4 Å². The van der Waals surface area contributed by atoms with Gasteiger partial charge in [-0.25, -0.2) is 9.18 Å². The van der Waals surface area contributed by atoms with E-state index in [4.69, 9.17) is 10.5 Å². The second-order valence-corrected chi connectivity index (χ2v) is 9.82. The van der Waals surface area contributed by atoms with Gasteiger partial charge in [0, 0.05) is 41.6 Å². The van der Waals surface area contributed by atoms with Gasteiger partial charge in [0.2, 0.25) is 0 Å². The molecule has 1 aliphatic carbocycles. The number of amides is 1. The molecule has 1 aliphatic heterocycles. The molecule has 1 aromatic carbocycles. The SMILES string of the molecule is CC(C)C1CCC(N2CCC(n3c(COC(N)=O)c(/C=N\O)c4cc(F)ccc43)CC2)CC1. The van der Waals surface area contributed by atoms with Crippen molar-refractivity contribution in [2.24, 2.45) is 22.7 Å². The summed E-state index contributed by atoms with van der Waals surface area (Å²) in [5, 5.41) is 13.0. The summed E-state index contributed by atoms with van der Waals surface area (Å²) in [7, 11) is 0. The zero-order valence-electron chi connectivity index (χ0n) is 19.5. The highest BCUT2D eigenvalue weighted by atomic mass is 19.1. The number of carbonyl (C=O) groups is 1. The van der Waals surface area contributed by atoms with E-state index in [2.05, 4.69) is 28.5 Å². The summed E-state index contributed by atoms with van der Waals surface area (Å²) >= 11 is 0. The number of ether oxygens (including phenoxy) is 1. The van der Waals surface area contributed by atoms with E-state index in [0.717, 1.165) is 43.3 Å². The number of oxime groups is 1. The number of primary amides is 1. The summed E-state index contributed by atoms with van der Waals surface area (Å²) < 4.78 is 21.3. The number of rotatable bonds is 6. The Kier molecular flexibility index (Phi) is 7.22. The normalized spacial score (nSPS) is 23.0. The van der Waals surface area contributed by atoms with E-state index in [-0.39, 0.29) is 18.5 Å². The third kappa shape index (κ3) is 5.00. The van der Waals surface area contributed by atoms with Crippen molar-refractivity contribution in [1.29, 1.82) is 0 Å². The average Bonchev–Trinajstić information content (AvgIpc) is 3.10. The Bertz CT molecular complexity index is 1000. The predicted octanol–water partition coefficient (Wildman–Crippen LogP) is 5.04. The van der Waals surface area contributed by atoms with Crippen molar-refractivity contribution in [3.8, 4) is 0 Å². The molecule has 2 fully saturated rings. The highest BCUT2D eigenvalue weighted by molar-refractivity contribution is 6.01. The molecule has 180 valence electrons. The van der Waals surface area contributed by atoms with Crippen LogP contribution in [0.25, 0.3) is 10.9 Å². The molecule has 4 rings (SSSR count). The number of benzene rings is 1. The smallest absolute Gasteiger partial charge is 0.404 e. The first-order valence-electron chi connectivity index (χ1n) is 12.0. The molecule has 0 unspecified atom stereocenters. The maximum Gasteiger partial charge on any atom is 0.404 e. The van der Waals surface area contributed by atoms with Crippen LogP contribution in [-0.4, -0.2) is 46.1 Å². The molecule has 0 radical (unpaired) electrons. The Morgan fingerprint density at radius 3 is 2.52 bits per heavy atom. The molecule has 1 saturated heterocycles. The molecule has 3 N–H and O–H groups in total. The molecule has 7 nitrogen and oxygen atoms in total. The number of hydrogen-bond donors (Lipinski definition) is 2. The Morgan fingerprint density at radius 2 is 1.91 bits per heavy atom. The minimum absolute atomic E-state index is 0.0631. The first kappa shape index (κ1) is 23.5. The van der Waals surface area contributed by atoms with Gasteiger partial charge in [0.1, 0.15) is 12.4 Å². The largest absolute Gasteiger partial charge is 0.443 e. The zero-order valence-corrected chi connectivity index (χ0v) is 19.5. The van der Waals surface area contributed by atoms with E-state index in [1.54, 1.807) is 6.07 Å². The molecule has 0 bridgehead atoms. The van der Waals surface area contributed by atoms with Crippen molar-refractivity contribution in [2.75, 3.05) is 13.1 Å². The third-order valence-electron chi connectivity index (χ3n) is 7.71. The number of nitrogens with zero attached hydrogens (tertiary/aromatic N) is 3. The first-order chi connectivity index (χ1) is 15.9. The number of carbonyl (C=O) groups excluding carboxylic acids is 1. The maximum atomic E-state index is 14.1. The topological polar surface area (TPSA) is 93.1 Å². The van der Waals surface area contributed by atoms with Crippen LogP contribution in [-0.2, 0) is 11.3 Å². The lowest BCUT2D eigenvalue weighted by molar-refractivity contribution is 0.0876. The number of nitrogens with two attached hydrogens (primary N) is 1. The average molecular weight is 459 g/mol. The van der Waals surface area contributed by atoms with Crippen LogP contribution in [0.4, 0.5) is 9.18 Å². The minimum atomic E-state index is -0.878. The lowest BCUT2D eigenvalue weighted by Crippen LogP contribution is -2.44. The fourth-order valence-corrected chi connectivity index (χ4v) is 5.91. The summed E-state index contributed by atoms with van der Waals surface area (Å²) in [6.07, 6.45) is 7.47. The molecule has 1 amide bonds. The number of aromatic nitrogens is 1. The van der Waals surface area contributed by atoms with Crippen molar-refractivity contribution < 1.29 is 19.1 Å². The summed E-state index contributed by atoms with van der Waals surface area (Å²) in [5.41, 5.74) is 7.27. The fourth-order valence-electron chi connectivity index (χ4n) is 5.91. The maximum absolute atomic E-state index is 14.1. The van der Waals surface area contributed by atoms with Crippen LogP contribution in [0.2, 0.25) is 0 Å². The highest BCUT2D eigenvalue weighted by Crippen LogP contribution is 2.37. The van der Waals surface area contributed by atoms with Gasteiger partial charge in [-0.2, -0.15) is 0 Å². The van der Waals surface area contributed by atoms with E-state index >= 15 is 0 Å². The lowest BCUT2D eigenvalue weighted by Gasteiger charge is -2.42. The van der Waals surface area contributed by atoms with Gasteiger partial charge in [-0.1, -0.05) is 19.0 Å². The predicted molar refractivity (Wildman–Crippen MR) is 126 cm³/mol. The second kappa shape index (κ2) is 10.1. The van der Waals surface area contributed by atoms with Crippen LogP contribution in [0.1, 0.15) is 69.7 Å². The third-order valence-corrected chi connectivity index (χ3v) is 7.71. The molecule has 0 atom stereocenters. The van der Waals surface area contributed by atoms with Gasteiger partial charge < -0.3 is 25.1 Å². The number of fused-ring (bicyclic) bond motifs is 1. The van der Waals surface area contributed by atoms with Crippen LogP contribution < -0.4 is 5.73 Å².